The second kappa shape index (κ2) is 17.9. The predicted octanol–water partition coefficient (Wildman–Crippen LogP) is 7.88. The number of nitrogens with zero attached hydrogens (tertiary/aromatic N) is 9. The number of hydrogen-bond acceptors (Lipinski definition) is 10. The van der Waals surface area contributed by atoms with E-state index in [2.05, 4.69) is 34.6 Å². The van der Waals surface area contributed by atoms with Crippen molar-refractivity contribution in [2.24, 2.45) is 23.7 Å². The SMILES string of the molecule is CC(C)(C)OC(=O)N1CCC(C2CCN(c3cncc(Cl)n3)CC2)CC1.[C-]#[N+]c1cncc(N2CCC(C3CCN(C(=O)OC(C)(C)C)CC3)CC2)n1. The Hall–Kier alpha value is -3.92. The molecule has 2 aromatic heterocycles. The highest BCUT2D eigenvalue weighted by molar-refractivity contribution is 6.29. The molecule has 4 aliphatic heterocycles. The molecule has 6 rings (SSSR count). The minimum absolute atomic E-state index is 0.176. The van der Waals surface area contributed by atoms with Crippen LogP contribution in [0.3, 0.4) is 0 Å². The van der Waals surface area contributed by atoms with E-state index < -0.39 is 11.2 Å². The lowest BCUT2D eigenvalue weighted by Crippen LogP contribution is -2.44. The average molecular weight is 752 g/mol. The molecule has 2 amide bonds. The molecule has 0 N–H and O–H groups in total. The summed E-state index contributed by atoms with van der Waals surface area (Å²) in [6.45, 7) is 25.6. The number of hydrogen-bond donors (Lipinski definition) is 0. The van der Waals surface area contributed by atoms with Crippen LogP contribution in [0.5, 0.6) is 0 Å². The van der Waals surface area contributed by atoms with E-state index in [0.29, 0.717) is 28.7 Å². The van der Waals surface area contributed by atoms with Gasteiger partial charge in [-0.3, -0.25) is 9.97 Å². The van der Waals surface area contributed by atoms with Gasteiger partial charge in [0.2, 0.25) is 5.82 Å². The van der Waals surface area contributed by atoms with Gasteiger partial charge in [-0.05, 0) is 117 Å². The maximum Gasteiger partial charge on any atom is 0.410 e. The largest absolute Gasteiger partial charge is 0.444 e. The summed E-state index contributed by atoms with van der Waals surface area (Å²) in [5.41, 5.74) is -0.863. The molecule has 4 saturated heterocycles. The number of piperidine rings is 4. The van der Waals surface area contributed by atoms with E-state index >= 15 is 0 Å². The number of rotatable bonds is 4. The topological polar surface area (TPSA) is 121 Å². The van der Waals surface area contributed by atoms with Gasteiger partial charge in [-0.25, -0.2) is 14.6 Å². The van der Waals surface area contributed by atoms with Crippen molar-refractivity contribution in [1.29, 1.82) is 0 Å². The highest BCUT2D eigenvalue weighted by Crippen LogP contribution is 2.35. The lowest BCUT2D eigenvalue weighted by Gasteiger charge is -2.40. The van der Waals surface area contributed by atoms with Crippen molar-refractivity contribution in [2.75, 3.05) is 62.2 Å². The van der Waals surface area contributed by atoms with Crippen molar-refractivity contribution >= 4 is 41.2 Å². The monoisotopic (exact) mass is 751 g/mol. The smallest absolute Gasteiger partial charge is 0.410 e. The molecule has 0 saturated carbocycles. The van der Waals surface area contributed by atoms with Gasteiger partial charge >= 0.3 is 12.2 Å². The van der Waals surface area contributed by atoms with Crippen LogP contribution in [0.2, 0.25) is 5.15 Å². The minimum Gasteiger partial charge on any atom is -0.444 e. The lowest BCUT2D eigenvalue weighted by molar-refractivity contribution is 0.0142. The van der Waals surface area contributed by atoms with E-state index in [4.69, 9.17) is 27.6 Å². The second-order valence-corrected chi connectivity index (χ2v) is 17.2. The predicted molar refractivity (Wildman–Crippen MR) is 206 cm³/mol. The van der Waals surface area contributed by atoms with Gasteiger partial charge < -0.3 is 33.9 Å². The fourth-order valence-corrected chi connectivity index (χ4v) is 8.14. The summed E-state index contributed by atoms with van der Waals surface area (Å²) in [5, 5.41) is 0.444. The molecule has 2 aromatic rings. The van der Waals surface area contributed by atoms with Gasteiger partial charge in [0.1, 0.15) is 22.2 Å². The van der Waals surface area contributed by atoms with Crippen LogP contribution < -0.4 is 9.80 Å². The molecule has 0 aromatic carbocycles. The molecule has 13 nitrogen and oxygen atoms in total. The minimum atomic E-state index is -0.436. The van der Waals surface area contributed by atoms with Crippen molar-refractivity contribution in [2.45, 2.75) is 104 Å². The van der Waals surface area contributed by atoms with Crippen LogP contribution in [0.4, 0.5) is 27.0 Å². The Labute approximate surface area is 320 Å². The standard InChI is InChI=1S/C20H29N5O2.C19H29ClN4O2/c1-20(2,3)27-19(26)25-11-7-16(8-12-25)15-5-9-24(10-6-15)18-14-22-13-17(21-4)23-18;1-19(2,3)26-18(25)24-10-6-15(7-11-24)14-4-8-23(9-5-14)17-13-21-12-16(20)22-17/h13-16H,5-12H2,1-3H3;12-15H,4-11H2,1-3H3. The van der Waals surface area contributed by atoms with Crippen molar-refractivity contribution < 1.29 is 19.1 Å². The molecule has 0 bridgehead atoms. The Morgan fingerprint density at radius 2 is 0.981 bits per heavy atom. The fraction of sp³-hybridized carbons (Fsp3) is 0.718. The van der Waals surface area contributed by atoms with Crippen LogP contribution in [-0.2, 0) is 9.47 Å². The van der Waals surface area contributed by atoms with Crippen molar-refractivity contribution in [1.82, 2.24) is 29.7 Å². The van der Waals surface area contributed by atoms with Crippen molar-refractivity contribution in [3.63, 3.8) is 0 Å². The number of carbonyl (C=O) groups excluding carboxylic acids is 2. The maximum absolute atomic E-state index is 12.2. The van der Waals surface area contributed by atoms with Gasteiger partial charge in [0.25, 0.3) is 5.82 Å². The molecular formula is C39H58ClN9O4. The lowest BCUT2D eigenvalue weighted by atomic mass is 9.79. The Morgan fingerprint density at radius 1 is 0.623 bits per heavy atom. The molecule has 290 valence electrons. The highest BCUT2D eigenvalue weighted by atomic mass is 35.5. The number of anilines is 2. The zero-order valence-corrected chi connectivity index (χ0v) is 33.2. The third-order valence-corrected chi connectivity index (χ3v) is 10.9. The van der Waals surface area contributed by atoms with E-state index in [9.17, 15) is 9.59 Å². The summed E-state index contributed by atoms with van der Waals surface area (Å²) in [6.07, 6.45) is 15.0. The van der Waals surface area contributed by atoms with Gasteiger partial charge in [-0.15, -0.1) is 0 Å². The number of carbonyl (C=O) groups is 2. The summed E-state index contributed by atoms with van der Waals surface area (Å²) in [7, 11) is 0. The molecule has 14 heteroatoms. The van der Waals surface area contributed by atoms with Gasteiger partial charge in [0, 0.05) is 52.4 Å². The van der Waals surface area contributed by atoms with Crippen LogP contribution in [0.15, 0.2) is 24.8 Å². The van der Waals surface area contributed by atoms with E-state index in [0.717, 1.165) is 121 Å². The van der Waals surface area contributed by atoms with Gasteiger partial charge in [0.05, 0.1) is 24.8 Å². The summed E-state index contributed by atoms with van der Waals surface area (Å²) in [4.78, 5) is 53.0. The van der Waals surface area contributed by atoms with Gasteiger partial charge in [0.15, 0.2) is 0 Å². The Balaban J connectivity index is 0.000000204. The van der Waals surface area contributed by atoms with Crippen LogP contribution in [0.25, 0.3) is 4.85 Å². The third-order valence-electron chi connectivity index (χ3n) is 10.8. The highest BCUT2D eigenvalue weighted by Gasteiger charge is 2.34. The number of halogens is 1. The number of likely N-dealkylation sites (tertiary alicyclic amines) is 2. The number of amides is 2. The van der Waals surface area contributed by atoms with Crippen molar-refractivity contribution in [3.05, 3.63) is 41.4 Å². The molecule has 53 heavy (non-hydrogen) atoms. The maximum atomic E-state index is 12.2. The van der Waals surface area contributed by atoms with Crippen molar-refractivity contribution in [3.8, 4) is 0 Å². The summed E-state index contributed by atoms with van der Waals surface area (Å²) in [6, 6.07) is 0. The van der Waals surface area contributed by atoms with Gasteiger partial charge in [-0.1, -0.05) is 23.2 Å². The molecule has 0 atom stereocenters. The van der Waals surface area contributed by atoms with E-state index in [1.807, 2.05) is 51.3 Å². The van der Waals surface area contributed by atoms with Crippen LogP contribution in [-0.4, -0.2) is 105 Å². The normalized spacial score (nSPS) is 20.0. The van der Waals surface area contributed by atoms with Gasteiger partial charge in [-0.2, -0.15) is 0 Å². The second-order valence-electron chi connectivity index (χ2n) is 16.8. The Kier molecular flexibility index (Phi) is 13.6. The van der Waals surface area contributed by atoms with Crippen LogP contribution in [0.1, 0.15) is 92.9 Å². The molecule has 4 fully saturated rings. The number of ether oxygens (including phenoxy) is 2. The first-order valence-electron chi connectivity index (χ1n) is 19.3. The molecule has 4 aliphatic rings. The summed E-state index contributed by atoms with van der Waals surface area (Å²) < 4.78 is 11.0. The summed E-state index contributed by atoms with van der Waals surface area (Å²) in [5.74, 6) is 4.81. The Morgan fingerprint density at radius 3 is 1.34 bits per heavy atom. The van der Waals surface area contributed by atoms with Crippen LogP contribution >= 0.6 is 11.6 Å². The average Bonchev–Trinajstić information content (AvgIpc) is 3.14. The van der Waals surface area contributed by atoms with E-state index in [-0.39, 0.29) is 12.2 Å². The fourth-order valence-electron chi connectivity index (χ4n) is 8.00. The third kappa shape index (κ3) is 12.0. The zero-order valence-electron chi connectivity index (χ0n) is 32.5. The quantitative estimate of drug-likeness (QED) is 0.285. The molecule has 0 aliphatic carbocycles. The van der Waals surface area contributed by atoms with Crippen LogP contribution in [0, 0.1) is 30.2 Å². The van der Waals surface area contributed by atoms with E-state index in [1.54, 1.807) is 18.6 Å². The molecule has 0 radical (unpaired) electrons. The molecule has 0 unspecified atom stereocenters. The molecule has 6 heterocycles. The molecular weight excluding hydrogens is 694 g/mol. The first kappa shape index (κ1) is 40.3. The molecule has 0 spiro atoms. The number of aromatic nitrogens is 4. The van der Waals surface area contributed by atoms with E-state index in [1.165, 1.54) is 6.20 Å². The first-order chi connectivity index (χ1) is 25.2. The first-order valence-corrected chi connectivity index (χ1v) is 19.7. The summed E-state index contributed by atoms with van der Waals surface area (Å²) >= 11 is 5.95. The zero-order chi connectivity index (χ0) is 38.2. The Bertz CT molecular complexity index is 1540.